The average molecular weight is 724 g/mol. The van der Waals surface area contributed by atoms with E-state index in [0.717, 1.165) is 0 Å². The van der Waals surface area contributed by atoms with Gasteiger partial charge in [0.05, 0.1) is 9.79 Å². The van der Waals surface area contributed by atoms with Crippen LogP contribution < -0.4 is 22.1 Å². The highest BCUT2D eigenvalue weighted by molar-refractivity contribution is 7.94. The van der Waals surface area contributed by atoms with E-state index in [1.54, 1.807) is 13.8 Å². The van der Waals surface area contributed by atoms with Crippen LogP contribution in [0.2, 0.25) is 0 Å². The van der Waals surface area contributed by atoms with Gasteiger partial charge in [0.15, 0.2) is 5.78 Å². The molecule has 2 aromatic rings. The van der Waals surface area contributed by atoms with E-state index >= 15 is 0 Å². The molecule has 13 nitrogen and oxygen atoms in total. The molecule has 2 aromatic carbocycles. The minimum Gasteiger partial charge on any atom is -0.479 e. The predicted octanol–water partition coefficient (Wildman–Crippen LogP) is 2.25. The van der Waals surface area contributed by atoms with Gasteiger partial charge in [-0.3, -0.25) is 15.4 Å². The topological polar surface area (TPSA) is 236 Å². The molecule has 0 aliphatic carbocycles. The van der Waals surface area contributed by atoms with Crippen molar-refractivity contribution in [3.63, 3.8) is 0 Å². The van der Waals surface area contributed by atoms with Crippen LogP contribution in [0.1, 0.15) is 49.7 Å². The number of carbonyl (C=O) groups excluding carboxylic acids is 1. The van der Waals surface area contributed by atoms with Crippen LogP contribution in [0.3, 0.4) is 0 Å². The van der Waals surface area contributed by atoms with Gasteiger partial charge < -0.3 is 21.7 Å². The molecule has 256 valence electrons. The van der Waals surface area contributed by atoms with E-state index in [0.29, 0.717) is 11.1 Å². The summed E-state index contributed by atoms with van der Waals surface area (Å²) in [6.07, 6.45) is -0.652. The molecule has 0 aliphatic heterocycles. The number of aliphatic carboxylic acids is 2. The molecule has 0 aromatic heterocycles. The summed E-state index contributed by atoms with van der Waals surface area (Å²) in [7, 11) is -9.59. The Hall–Kier alpha value is -2.63. The zero-order chi connectivity index (χ0) is 34.9. The molecule has 0 spiro atoms. The van der Waals surface area contributed by atoms with E-state index in [1.165, 1.54) is 48.5 Å². The number of carboxylic acids is 2. The third-order valence-electron chi connectivity index (χ3n) is 7.46. The van der Waals surface area contributed by atoms with Crippen LogP contribution in [0.15, 0.2) is 58.3 Å². The van der Waals surface area contributed by atoms with Crippen molar-refractivity contribution in [2.45, 2.75) is 82.9 Å². The lowest BCUT2D eigenvalue weighted by Crippen LogP contribution is -2.65. The number of carbonyl (C=O) groups is 3. The molecular formula is C29H40Cl2N4O9S2. The Labute approximate surface area is 278 Å². The van der Waals surface area contributed by atoms with E-state index < -0.39 is 71.0 Å². The van der Waals surface area contributed by atoms with Crippen LogP contribution in [0.4, 0.5) is 0 Å². The number of aryl methyl sites for hydroxylation is 2. The van der Waals surface area contributed by atoms with Gasteiger partial charge in [0.2, 0.25) is 29.4 Å². The molecule has 0 radical (unpaired) electrons. The van der Waals surface area contributed by atoms with Gasteiger partial charge in [0.25, 0.3) is 0 Å². The lowest BCUT2D eigenvalue weighted by Gasteiger charge is -2.34. The first-order valence-electron chi connectivity index (χ1n) is 14.3. The number of nitrogens with one attached hydrogen (secondary N) is 2. The summed E-state index contributed by atoms with van der Waals surface area (Å²) in [6.45, 7) is 3.64. The van der Waals surface area contributed by atoms with Gasteiger partial charge in [-0.25, -0.2) is 26.4 Å². The minimum atomic E-state index is -4.79. The van der Waals surface area contributed by atoms with Crippen LogP contribution in [-0.4, -0.2) is 78.6 Å². The second-order valence-electron chi connectivity index (χ2n) is 10.8. The molecule has 0 saturated heterocycles. The van der Waals surface area contributed by atoms with E-state index in [1.807, 2.05) is 0 Å². The van der Waals surface area contributed by atoms with Gasteiger partial charge in [-0.1, -0.05) is 58.6 Å². The average Bonchev–Trinajstić information content (AvgIpc) is 2.99. The number of hydrogen-bond donors (Lipinski definition) is 6. The number of unbranched alkanes of at least 4 members (excludes halogenated alkanes) is 2. The number of hydrogen-bond acceptors (Lipinski definition) is 11. The fourth-order valence-electron chi connectivity index (χ4n) is 4.69. The minimum absolute atomic E-state index is 0.000688. The maximum Gasteiger partial charge on any atom is 0.340 e. The number of benzene rings is 2. The second-order valence-corrected chi connectivity index (χ2v) is 16.0. The first-order valence-corrected chi connectivity index (χ1v) is 18.1. The van der Waals surface area contributed by atoms with Gasteiger partial charge in [-0.2, -0.15) is 0 Å². The maximum absolute atomic E-state index is 13.8. The first kappa shape index (κ1) is 39.5. The predicted molar refractivity (Wildman–Crippen MR) is 174 cm³/mol. The zero-order valence-electron chi connectivity index (χ0n) is 25.4. The van der Waals surface area contributed by atoms with E-state index in [9.17, 15) is 41.4 Å². The van der Waals surface area contributed by atoms with E-state index in [2.05, 4.69) is 10.6 Å². The van der Waals surface area contributed by atoms with Crippen molar-refractivity contribution in [3.8, 4) is 0 Å². The van der Waals surface area contributed by atoms with Gasteiger partial charge >= 0.3 is 11.9 Å². The highest BCUT2D eigenvalue weighted by Gasteiger charge is 2.56. The molecule has 0 aliphatic rings. The van der Waals surface area contributed by atoms with Crippen molar-refractivity contribution < 1.29 is 41.4 Å². The Bertz CT molecular complexity index is 1470. The number of rotatable bonds is 20. The standard InChI is InChI=1S/C29H40Cl2N4O9S2/c1-19-7-11-21(12-8-19)45(41,42)28(26(37)38,15-3-5-17-32)34-24(30)23(36)25(31)35-29(27(39)40,16-4-6-18-33)46(43,44)22-13-9-20(2)10-14-22/h7-14,24-25,34-35H,3-6,15-18,32-33H2,1-2H3,(H,37,38)(H,39,40)/t24?,25?,28-,29-/m1/s1. The van der Waals surface area contributed by atoms with Crippen LogP contribution in [0.25, 0.3) is 0 Å². The number of alkyl halides is 2. The monoisotopic (exact) mass is 722 g/mol. The van der Waals surface area contributed by atoms with Gasteiger partial charge in [-0.05, 0) is 89.7 Å². The molecule has 8 N–H and O–H groups in total. The summed E-state index contributed by atoms with van der Waals surface area (Å²) in [5, 5.41) is 25.1. The summed E-state index contributed by atoms with van der Waals surface area (Å²) in [5.41, 5.74) is 8.19. The fourth-order valence-corrected chi connectivity index (χ4v) is 9.13. The highest BCUT2D eigenvalue weighted by Crippen LogP contribution is 2.33. The molecule has 4 atom stereocenters. The lowest BCUT2D eigenvalue weighted by atomic mass is 10.1. The second kappa shape index (κ2) is 16.5. The molecule has 0 bridgehead atoms. The number of Topliss-reactive ketones (excluding diaryl/α,β-unsaturated/α-hetero) is 1. The van der Waals surface area contributed by atoms with Crippen LogP contribution in [0, 0.1) is 13.8 Å². The van der Waals surface area contributed by atoms with Gasteiger partial charge in [-0.15, -0.1) is 0 Å². The van der Waals surface area contributed by atoms with Crippen LogP contribution in [0.5, 0.6) is 0 Å². The quantitative estimate of drug-likeness (QED) is 0.0654. The third-order valence-corrected chi connectivity index (χ3v) is 12.7. The molecule has 46 heavy (non-hydrogen) atoms. The van der Waals surface area contributed by atoms with Crippen molar-refractivity contribution in [1.29, 1.82) is 0 Å². The zero-order valence-corrected chi connectivity index (χ0v) is 28.6. The summed E-state index contributed by atoms with van der Waals surface area (Å²) in [5.74, 6) is -5.06. The van der Waals surface area contributed by atoms with Crippen molar-refractivity contribution in [2.75, 3.05) is 13.1 Å². The molecule has 0 fully saturated rings. The van der Waals surface area contributed by atoms with E-state index in [-0.39, 0.29) is 48.6 Å². The molecule has 0 amide bonds. The third kappa shape index (κ3) is 8.44. The number of carboxylic acid groups (broad SMARTS) is 2. The Morgan fingerprint density at radius 2 is 0.978 bits per heavy atom. The van der Waals surface area contributed by atoms with Crippen LogP contribution in [-0.2, 0) is 34.1 Å². The molecule has 2 unspecified atom stereocenters. The number of nitrogens with two attached hydrogens (primary N) is 2. The van der Waals surface area contributed by atoms with Gasteiger partial charge in [0.1, 0.15) is 11.0 Å². The highest BCUT2D eigenvalue weighted by atomic mass is 35.5. The molecule has 17 heteroatoms. The number of sulfone groups is 2. The summed E-state index contributed by atoms with van der Waals surface area (Å²) in [4.78, 5) is 32.6. The van der Waals surface area contributed by atoms with E-state index in [4.69, 9.17) is 34.7 Å². The Balaban J connectivity index is 2.58. The molecule has 2 rings (SSSR count). The van der Waals surface area contributed by atoms with Crippen LogP contribution >= 0.6 is 23.2 Å². The SMILES string of the molecule is Cc1ccc(S(=O)(=O)[C@@](CCCCN)(NC(Cl)C(=O)C(Cl)N[C@@](CCCCN)(C(=O)O)S(=O)(=O)c2ccc(C)cc2)C(=O)O)cc1. The van der Waals surface area contributed by atoms with Crippen molar-refractivity contribution in [1.82, 2.24) is 10.6 Å². The van der Waals surface area contributed by atoms with Crippen molar-refractivity contribution >= 4 is 60.6 Å². The Morgan fingerprint density at radius 1 is 0.674 bits per heavy atom. The lowest BCUT2D eigenvalue weighted by molar-refractivity contribution is -0.142. The Kier molecular flexibility index (Phi) is 14.2. The first-order chi connectivity index (χ1) is 21.4. The largest absolute Gasteiger partial charge is 0.479 e. The summed E-state index contributed by atoms with van der Waals surface area (Å²) >= 11 is 12.6. The molecular weight excluding hydrogens is 683 g/mol. The number of ketones is 1. The van der Waals surface area contributed by atoms with Crippen molar-refractivity contribution in [2.24, 2.45) is 11.5 Å². The normalized spacial score (nSPS) is 16.1. The summed E-state index contributed by atoms with van der Waals surface area (Å²) < 4.78 is 55.4. The fraction of sp³-hybridized carbons (Fsp3) is 0.483. The maximum atomic E-state index is 13.8. The Morgan fingerprint density at radius 3 is 1.24 bits per heavy atom. The summed E-state index contributed by atoms with van der Waals surface area (Å²) in [6, 6.07) is 10.7. The molecule has 0 heterocycles. The smallest absolute Gasteiger partial charge is 0.340 e. The van der Waals surface area contributed by atoms with Crippen molar-refractivity contribution in [3.05, 3.63) is 59.7 Å². The number of halogens is 2. The molecule has 0 saturated carbocycles. The van der Waals surface area contributed by atoms with Gasteiger partial charge in [0, 0.05) is 0 Å².